The van der Waals surface area contributed by atoms with Gasteiger partial charge in [0.25, 0.3) is 0 Å². The lowest BCUT2D eigenvalue weighted by Gasteiger charge is -2.28. The fourth-order valence-electron chi connectivity index (χ4n) is 4.92. The second-order valence-corrected chi connectivity index (χ2v) is 9.26. The van der Waals surface area contributed by atoms with Crippen LogP contribution in [-0.2, 0) is 11.2 Å². The first-order chi connectivity index (χ1) is 16.4. The third-order valence-electron chi connectivity index (χ3n) is 6.66. The summed E-state index contributed by atoms with van der Waals surface area (Å²) >= 11 is 0. The van der Waals surface area contributed by atoms with Crippen molar-refractivity contribution >= 4 is 16.7 Å². The van der Waals surface area contributed by atoms with Crippen molar-refractivity contribution in [1.82, 2.24) is 25.1 Å². The number of Topliss-reactive ketones (excluding diaryl/α,β-unsaturated/α-hetero) is 1. The van der Waals surface area contributed by atoms with Crippen molar-refractivity contribution < 1.29 is 9.18 Å². The van der Waals surface area contributed by atoms with Gasteiger partial charge in [0.05, 0.1) is 11.2 Å². The fourth-order valence-corrected chi connectivity index (χ4v) is 4.92. The SMILES string of the molecule is CC(C)C(=O)[C@]1(Cc2n[nH]c(=O)n2-c2ccc(-c3ccc4cccnc4c3)cc2F)CCNC1. The number of benzene rings is 2. The van der Waals surface area contributed by atoms with Crippen LogP contribution in [0.4, 0.5) is 4.39 Å². The third kappa shape index (κ3) is 3.84. The van der Waals surface area contributed by atoms with Gasteiger partial charge < -0.3 is 5.32 Å². The predicted molar refractivity (Wildman–Crippen MR) is 128 cm³/mol. The Morgan fingerprint density at radius 2 is 1.97 bits per heavy atom. The van der Waals surface area contributed by atoms with Crippen LogP contribution in [-0.4, -0.2) is 38.6 Å². The van der Waals surface area contributed by atoms with E-state index in [1.165, 1.54) is 10.6 Å². The Balaban J connectivity index is 1.52. The van der Waals surface area contributed by atoms with Crippen molar-refractivity contribution in [3.05, 3.63) is 76.9 Å². The lowest BCUT2D eigenvalue weighted by molar-refractivity contribution is -0.131. The smallest absolute Gasteiger partial charge is 0.316 e. The summed E-state index contributed by atoms with van der Waals surface area (Å²) in [4.78, 5) is 30.1. The molecule has 1 aliphatic heterocycles. The Hall–Kier alpha value is -3.65. The van der Waals surface area contributed by atoms with E-state index in [4.69, 9.17) is 0 Å². The summed E-state index contributed by atoms with van der Waals surface area (Å²) < 4.78 is 16.6. The number of pyridine rings is 1. The van der Waals surface area contributed by atoms with Crippen LogP contribution in [0.5, 0.6) is 0 Å². The molecule has 5 rings (SSSR count). The first-order valence-corrected chi connectivity index (χ1v) is 11.4. The number of ketones is 1. The molecule has 0 radical (unpaired) electrons. The number of aromatic amines is 1. The zero-order valence-corrected chi connectivity index (χ0v) is 19.1. The van der Waals surface area contributed by atoms with Crippen LogP contribution in [0.15, 0.2) is 59.5 Å². The molecule has 2 aromatic carbocycles. The van der Waals surface area contributed by atoms with Crippen LogP contribution in [0, 0.1) is 17.2 Å². The van der Waals surface area contributed by atoms with Gasteiger partial charge in [-0.05, 0) is 48.4 Å². The molecule has 1 aliphatic rings. The van der Waals surface area contributed by atoms with Gasteiger partial charge >= 0.3 is 5.69 Å². The predicted octanol–water partition coefficient (Wildman–Crippen LogP) is 3.66. The van der Waals surface area contributed by atoms with Crippen molar-refractivity contribution in [2.75, 3.05) is 13.1 Å². The lowest BCUT2D eigenvalue weighted by Crippen LogP contribution is -2.39. The molecule has 3 heterocycles. The Morgan fingerprint density at radius 3 is 2.71 bits per heavy atom. The molecule has 0 saturated carbocycles. The maximum absolute atomic E-state index is 15.4. The van der Waals surface area contributed by atoms with Crippen molar-refractivity contribution in [2.45, 2.75) is 26.7 Å². The van der Waals surface area contributed by atoms with Gasteiger partial charge in [-0.15, -0.1) is 0 Å². The first-order valence-electron chi connectivity index (χ1n) is 11.4. The van der Waals surface area contributed by atoms with E-state index < -0.39 is 16.9 Å². The van der Waals surface area contributed by atoms with Gasteiger partial charge in [-0.25, -0.2) is 18.9 Å². The number of halogens is 1. The molecule has 2 aromatic heterocycles. The molecule has 1 fully saturated rings. The fraction of sp³-hybridized carbons (Fsp3) is 0.308. The Bertz CT molecular complexity index is 1430. The number of nitrogens with zero attached hydrogens (tertiary/aromatic N) is 3. The molecule has 0 amide bonds. The molecule has 0 aliphatic carbocycles. The minimum atomic E-state index is -0.661. The minimum Gasteiger partial charge on any atom is -0.316 e. The maximum Gasteiger partial charge on any atom is 0.348 e. The molecule has 174 valence electrons. The summed E-state index contributed by atoms with van der Waals surface area (Å²) in [5, 5.41) is 10.9. The van der Waals surface area contributed by atoms with Crippen LogP contribution in [0.3, 0.4) is 0 Å². The van der Waals surface area contributed by atoms with Gasteiger partial charge in [-0.1, -0.05) is 38.1 Å². The third-order valence-corrected chi connectivity index (χ3v) is 6.66. The topological polar surface area (TPSA) is 92.7 Å². The van der Waals surface area contributed by atoms with E-state index in [1.807, 2.05) is 44.2 Å². The summed E-state index contributed by atoms with van der Waals surface area (Å²) in [6.07, 6.45) is 2.63. The Labute approximate surface area is 196 Å². The van der Waals surface area contributed by atoms with Gasteiger partial charge in [0.2, 0.25) is 0 Å². The number of H-pyrrole nitrogens is 1. The first kappa shape index (κ1) is 22.2. The number of hydrogen-bond acceptors (Lipinski definition) is 5. The summed E-state index contributed by atoms with van der Waals surface area (Å²) in [7, 11) is 0. The quantitative estimate of drug-likeness (QED) is 0.459. The number of nitrogens with one attached hydrogen (secondary N) is 2. The van der Waals surface area contributed by atoms with Crippen LogP contribution in [0.1, 0.15) is 26.1 Å². The largest absolute Gasteiger partial charge is 0.348 e. The zero-order chi connectivity index (χ0) is 23.9. The van der Waals surface area contributed by atoms with Gasteiger partial charge in [0, 0.05) is 35.9 Å². The number of aromatic nitrogens is 4. The number of fused-ring (bicyclic) bond motifs is 1. The van der Waals surface area contributed by atoms with E-state index in [9.17, 15) is 9.59 Å². The number of carbonyl (C=O) groups is 1. The molecule has 0 bridgehead atoms. The highest BCUT2D eigenvalue weighted by Gasteiger charge is 2.43. The average Bonchev–Trinajstić information content (AvgIpc) is 3.46. The van der Waals surface area contributed by atoms with Crippen molar-refractivity contribution in [3.8, 4) is 16.8 Å². The maximum atomic E-state index is 15.4. The normalized spacial score (nSPS) is 18.1. The van der Waals surface area contributed by atoms with Crippen molar-refractivity contribution in [2.24, 2.45) is 11.3 Å². The van der Waals surface area contributed by atoms with Crippen molar-refractivity contribution in [1.29, 1.82) is 0 Å². The van der Waals surface area contributed by atoms with Gasteiger partial charge in [-0.2, -0.15) is 5.10 Å². The number of carbonyl (C=O) groups excluding carboxylic acids is 1. The highest BCUT2D eigenvalue weighted by molar-refractivity contribution is 5.87. The molecule has 1 atom stereocenters. The Morgan fingerprint density at radius 1 is 1.18 bits per heavy atom. The molecular weight excluding hydrogens is 433 g/mol. The molecule has 2 N–H and O–H groups in total. The second kappa shape index (κ2) is 8.61. The van der Waals surface area contributed by atoms with Gasteiger partial charge in [0.1, 0.15) is 17.4 Å². The van der Waals surface area contributed by atoms with Crippen LogP contribution in [0.25, 0.3) is 27.7 Å². The Kier molecular flexibility index (Phi) is 5.61. The summed E-state index contributed by atoms with van der Waals surface area (Å²) in [5.74, 6) is -0.215. The summed E-state index contributed by atoms with van der Waals surface area (Å²) in [5.41, 5.74) is 1.24. The molecule has 8 heteroatoms. The average molecular weight is 460 g/mol. The molecule has 7 nitrogen and oxygen atoms in total. The highest BCUT2D eigenvalue weighted by atomic mass is 19.1. The van der Waals surface area contributed by atoms with Crippen molar-refractivity contribution in [3.63, 3.8) is 0 Å². The molecule has 4 aromatic rings. The van der Waals surface area contributed by atoms with E-state index in [2.05, 4.69) is 20.5 Å². The molecule has 34 heavy (non-hydrogen) atoms. The second-order valence-electron chi connectivity index (χ2n) is 9.26. The lowest BCUT2D eigenvalue weighted by atomic mass is 9.75. The van der Waals surface area contributed by atoms with E-state index in [1.54, 1.807) is 18.3 Å². The molecular formula is C26H26FN5O2. The summed E-state index contributed by atoms with van der Waals surface area (Å²) in [6.45, 7) is 4.99. The monoisotopic (exact) mass is 459 g/mol. The molecule has 0 spiro atoms. The standard InChI is InChI=1S/C26H26FN5O2/c1-16(2)24(33)26(9-11-28-15-26)14-23-30-31-25(34)32(23)22-8-7-18(12-20(22)27)19-6-5-17-4-3-10-29-21(17)13-19/h3-8,10,12-13,16,28H,9,11,14-15H2,1-2H3,(H,31,34)/t26-/m0/s1. The number of rotatable bonds is 6. The van der Waals surface area contributed by atoms with Crippen LogP contribution in [0.2, 0.25) is 0 Å². The van der Waals surface area contributed by atoms with Crippen LogP contribution >= 0.6 is 0 Å². The molecule has 1 saturated heterocycles. The van der Waals surface area contributed by atoms with Gasteiger partial charge in [0.15, 0.2) is 0 Å². The van der Waals surface area contributed by atoms with E-state index >= 15 is 4.39 Å². The van der Waals surface area contributed by atoms with E-state index in [-0.39, 0.29) is 23.8 Å². The van der Waals surface area contributed by atoms with Crippen LogP contribution < -0.4 is 11.0 Å². The van der Waals surface area contributed by atoms with E-state index in [0.29, 0.717) is 24.4 Å². The highest BCUT2D eigenvalue weighted by Crippen LogP contribution is 2.34. The minimum absolute atomic E-state index is 0.106. The zero-order valence-electron chi connectivity index (χ0n) is 19.1. The van der Waals surface area contributed by atoms with Gasteiger partial charge in [-0.3, -0.25) is 9.78 Å². The number of hydrogen-bond donors (Lipinski definition) is 2. The van der Waals surface area contributed by atoms with E-state index in [0.717, 1.165) is 23.0 Å². The summed E-state index contributed by atoms with van der Waals surface area (Å²) in [6, 6.07) is 14.4. The molecule has 0 unspecified atom stereocenters.